The number of ether oxygens (including phenoxy) is 1. The maximum absolute atomic E-state index is 10.9. The smallest absolute Gasteiger partial charge is 0.335 e. The molecule has 0 aromatic heterocycles. The molecule has 4 rings (SSSR count). The minimum Gasteiger partial charge on any atom is -0.478 e. The first-order valence-electron chi connectivity index (χ1n) is 8.43. The number of benzene rings is 1. The molecule has 2 bridgehead atoms. The van der Waals surface area contributed by atoms with Crippen molar-refractivity contribution in [1.82, 2.24) is 9.80 Å². The highest BCUT2D eigenvalue weighted by molar-refractivity contribution is 5.87. The molecule has 5 nitrogen and oxygen atoms in total. The van der Waals surface area contributed by atoms with Crippen LogP contribution in [0.5, 0.6) is 0 Å². The normalized spacial score (nSPS) is 25.4. The van der Waals surface area contributed by atoms with Gasteiger partial charge in [0.15, 0.2) is 0 Å². The number of hydrogen-bond acceptors (Lipinski definition) is 4. The molecule has 3 aliphatic rings. The Balaban J connectivity index is 1.62. The lowest BCUT2D eigenvalue weighted by Gasteiger charge is -2.35. The van der Waals surface area contributed by atoms with Crippen molar-refractivity contribution in [2.24, 2.45) is 5.92 Å². The maximum Gasteiger partial charge on any atom is 0.335 e. The van der Waals surface area contributed by atoms with Crippen LogP contribution in [0.2, 0.25) is 0 Å². The second kappa shape index (κ2) is 7.43. The van der Waals surface area contributed by atoms with E-state index in [0.717, 1.165) is 38.7 Å². The van der Waals surface area contributed by atoms with Crippen LogP contribution < -0.4 is 0 Å². The Labute approximate surface area is 137 Å². The van der Waals surface area contributed by atoms with E-state index < -0.39 is 5.97 Å². The summed E-state index contributed by atoms with van der Waals surface area (Å²) in [6.07, 6.45) is 2.60. The third-order valence-corrected chi connectivity index (χ3v) is 5.09. The quantitative estimate of drug-likeness (QED) is 0.868. The van der Waals surface area contributed by atoms with Crippen molar-refractivity contribution in [3.8, 4) is 0 Å². The molecule has 1 aromatic rings. The third kappa shape index (κ3) is 4.10. The first kappa shape index (κ1) is 16.4. The molecule has 3 saturated heterocycles. The third-order valence-electron chi connectivity index (χ3n) is 5.09. The standard InChI is InChI=1S/C18H26N2O3/c1-23-9-8-20-12-15-4-7-17(20)13-19(11-15)10-14-2-5-16(6-3-14)18(21)22/h2-3,5-6,15,17H,4,7-13H2,1H3,(H,21,22)/t15-,17+/m0/s1. The summed E-state index contributed by atoms with van der Waals surface area (Å²) in [4.78, 5) is 16.1. The second-order valence-corrected chi connectivity index (χ2v) is 6.78. The second-order valence-electron chi connectivity index (χ2n) is 6.78. The summed E-state index contributed by atoms with van der Waals surface area (Å²) in [6, 6.07) is 7.92. The van der Waals surface area contributed by atoms with E-state index in [1.807, 2.05) is 12.1 Å². The van der Waals surface area contributed by atoms with Gasteiger partial charge < -0.3 is 9.84 Å². The van der Waals surface area contributed by atoms with Gasteiger partial charge in [-0.1, -0.05) is 12.1 Å². The number of methoxy groups -OCH3 is 1. The Morgan fingerprint density at radius 1 is 1.22 bits per heavy atom. The van der Waals surface area contributed by atoms with Gasteiger partial charge >= 0.3 is 5.97 Å². The van der Waals surface area contributed by atoms with E-state index in [9.17, 15) is 4.79 Å². The lowest BCUT2D eigenvalue weighted by Crippen LogP contribution is -2.45. The molecule has 1 aromatic carbocycles. The number of piperidine rings is 1. The molecule has 0 amide bonds. The van der Waals surface area contributed by atoms with Gasteiger partial charge in [0, 0.05) is 45.9 Å². The Hall–Kier alpha value is -1.43. The van der Waals surface area contributed by atoms with Crippen LogP contribution in [0.4, 0.5) is 0 Å². The number of carboxylic acids is 1. The average Bonchev–Trinajstić information content (AvgIpc) is 2.83. The van der Waals surface area contributed by atoms with Crippen molar-refractivity contribution in [2.45, 2.75) is 25.4 Å². The summed E-state index contributed by atoms with van der Waals surface area (Å²) in [5.74, 6) is -0.123. The highest BCUT2D eigenvalue weighted by Gasteiger charge is 2.34. The molecule has 3 fully saturated rings. The SMILES string of the molecule is COCCN1C[C@H]2CC[C@@H]1CN(Cc1ccc(C(=O)O)cc1)C2. The van der Waals surface area contributed by atoms with Gasteiger partial charge in [-0.2, -0.15) is 0 Å². The largest absolute Gasteiger partial charge is 0.478 e. The summed E-state index contributed by atoms with van der Waals surface area (Å²) >= 11 is 0. The zero-order valence-corrected chi connectivity index (χ0v) is 13.8. The Morgan fingerprint density at radius 3 is 2.70 bits per heavy atom. The molecule has 1 N–H and O–H groups in total. The molecular weight excluding hydrogens is 292 g/mol. The lowest BCUT2D eigenvalue weighted by molar-refractivity contribution is 0.0697. The van der Waals surface area contributed by atoms with Crippen LogP contribution in [0.15, 0.2) is 24.3 Å². The fraction of sp³-hybridized carbons (Fsp3) is 0.611. The Morgan fingerprint density at radius 2 is 2.00 bits per heavy atom. The van der Waals surface area contributed by atoms with Crippen LogP contribution in [0.1, 0.15) is 28.8 Å². The van der Waals surface area contributed by atoms with E-state index in [1.165, 1.54) is 24.9 Å². The van der Waals surface area contributed by atoms with E-state index in [4.69, 9.17) is 9.84 Å². The summed E-state index contributed by atoms with van der Waals surface area (Å²) in [7, 11) is 1.77. The summed E-state index contributed by atoms with van der Waals surface area (Å²) in [5.41, 5.74) is 1.55. The predicted molar refractivity (Wildman–Crippen MR) is 88.6 cm³/mol. The number of carbonyl (C=O) groups is 1. The molecule has 3 heterocycles. The highest BCUT2D eigenvalue weighted by atomic mass is 16.5. The van der Waals surface area contributed by atoms with Crippen molar-refractivity contribution in [3.63, 3.8) is 0 Å². The highest BCUT2D eigenvalue weighted by Crippen LogP contribution is 2.28. The number of hydrogen-bond donors (Lipinski definition) is 1. The molecule has 3 aliphatic heterocycles. The molecule has 23 heavy (non-hydrogen) atoms. The van der Waals surface area contributed by atoms with Crippen LogP contribution >= 0.6 is 0 Å². The van der Waals surface area contributed by atoms with Gasteiger partial charge in [-0.15, -0.1) is 0 Å². The Bertz CT molecular complexity index is 532. The van der Waals surface area contributed by atoms with Crippen molar-refractivity contribution < 1.29 is 14.6 Å². The van der Waals surface area contributed by atoms with Crippen LogP contribution in [0.3, 0.4) is 0 Å². The molecule has 0 unspecified atom stereocenters. The molecular formula is C18H26N2O3. The molecule has 0 saturated carbocycles. The summed E-state index contributed by atoms with van der Waals surface area (Å²) < 4.78 is 5.24. The zero-order chi connectivity index (χ0) is 16.2. The number of rotatable bonds is 6. The number of fused-ring (bicyclic) bond motifs is 4. The fourth-order valence-electron chi connectivity index (χ4n) is 3.90. The zero-order valence-electron chi connectivity index (χ0n) is 13.8. The van der Waals surface area contributed by atoms with Crippen LogP contribution in [-0.2, 0) is 11.3 Å². The van der Waals surface area contributed by atoms with E-state index in [0.29, 0.717) is 11.6 Å². The van der Waals surface area contributed by atoms with Crippen molar-refractivity contribution in [2.75, 3.05) is 39.9 Å². The van der Waals surface area contributed by atoms with Crippen molar-refractivity contribution in [3.05, 3.63) is 35.4 Å². The fourth-order valence-corrected chi connectivity index (χ4v) is 3.90. The molecule has 5 heteroatoms. The van der Waals surface area contributed by atoms with E-state index in [1.54, 1.807) is 19.2 Å². The number of carboxylic acid groups (broad SMARTS) is 1. The molecule has 0 aliphatic carbocycles. The van der Waals surface area contributed by atoms with Crippen LogP contribution in [0, 0.1) is 5.92 Å². The van der Waals surface area contributed by atoms with E-state index in [2.05, 4.69) is 9.80 Å². The summed E-state index contributed by atoms with van der Waals surface area (Å²) in [5, 5.41) is 8.99. The van der Waals surface area contributed by atoms with Gasteiger partial charge in [-0.3, -0.25) is 9.80 Å². The molecule has 126 valence electrons. The predicted octanol–water partition coefficient (Wildman–Crippen LogP) is 1.93. The molecule has 2 atom stereocenters. The molecule has 0 radical (unpaired) electrons. The van der Waals surface area contributed by atoms with E-state index in [-0.39, 0.29) is 0 Å². The van der Waals surface area contributed by atoms with Gasteiger partial charge in [-0.05, 0) is 36.5 Å². The van der Waals surface area contributed by atoms with Crippen LogP contribution in [0.25, 0.3) is 0 Å². The average molecular weight is 318 g/mol. The van der Waals surface area contributed by atoms with E-state index >= 15 is 0 Å². The first-order valence-corrected chi connectivity index (χ1v) is 8.43. The monoisotopic (exact) mass is 318 g/mol. The van der Waals surface area contributed by atoms with Gasteiger partial charge in [0.1, 0.15) is 0 Å². The van der Waals surface area contributed by atoms with Gasteiger partial charge in [-0.25, -0.2) is 4.79 Å². The first-order chi connectivity index (χ1) is 11.2. The maximum atomic E-state index is 10.9. The number of aromatic carboxylic acids is 1. The molecule has 0 spiro atoms. The lowest BCUT2D eigenvalue weighted by atomic mass is 9.95. The van der Waals surface area contributed by atoms with Crippen LogP contribution in [-0.4, -0.2) is 66.8 Å². The summed E-state index contributed by atoms with van der Waals surface area (Å²) in [6.45, 7) is 6.16. The number of nitrogens with zero attached hydrogens (tertiary/aromatic N) is 2. The minimum atomic E-state index is -0.863. The topological polar surface area (TPSA) is 53.0 Å². The van der Waals surface area contributed by atoms with Gasteiger partial charge in [0.2, 0.25) is 0 Å². The van der Waals surface area contributed by atoms with Gasteiger partial charge in [0.05, 0.1) is 12.2 Å². The van der Waals surface area contributed by atoms with Crippen molar-refractivity contribution >= 4 is 5.97 Å². The minimum absolute atomic E-state index is 0.357. The Kier molecular flexibility index (Phi) is 5.30. The van der Waals surface area contributed by atoms with Crippen molar-refractivity contribution in [1.29, 1.82) is 0 Å². The van der Waals surface area contributed by atoms with Gasteiger partial charge in [0.25, 0.3) is 0 Å².